The first-order valence-electron chi connectivity index (χ1n) is 10.1. The second-order valence-corrected chi connectivity index (χ2v) is 7.96. The first-order chi connectivity index (χ1) is 13.9. The highest BCUT2D eigenvalue weighted by atomic mass is 16.5. The molecule has 1 saturated heterocycles. The quantitative estimate of drug-likeness (QED) is 0.739. The standard InChI is InChI=1S/C24H29NO4/c1-16(2)13-22(24(27)25-23-17(3)28-15-21(23)26)29-14-18-9-11-20(12-10-18)19-7-5-4-6-8-19/h4-12,16-17,22-23H,13-15H2,1-3H3,(H,25,27)/t17-,22+,23+/m1/s1. The minimum Gasteiger partial charge on any atom is -0.368 e. The van der Waals surface area contributed by atoms with Crippen molar-refractivity contribution in [1.29, 1.82) is 0 Å². The largest absolute Gasteiger partial charge is 0.368 e. The van der Waals surface area contributed by atoms with Gasteiger partial charge < -0.3 is 14.8 Å². The van der Waals surface area contributed by atoms with E-state index in [9.17, 15) is 9.59 Å². The van der Waals surface area contributed by atoms with E-state index in [0.717, 1.165) is 16.7 Å². The summed E-state index contributed by atoms with van der Waals surface area (Å²) in [5, 5.41) is 2.81. The average Bonchev–Trinajstić information content (AvgIpc) is 3.04. The summed E-state index contributed by atoms with van der Waals surface area (Å²) in [7, 11) is 0. The second-order valence-electron chi connectivity index (χ2n) is 7.96. The third-order valence-electron chi connectivity index (χ3n) is 5.09. The zero-order valence-electron chi connectivity index (χ0n) is 17.3. The lowest BCUT2D eigenvalue weighted by atomic mass is 10.0. The number of ketones is 1. The van der Waals surface area contributed by atoms with Crippen molar-refractivity contribution in [2.45, 2.75) is 52.0 Å². The van der Waals surface area contributed by atoms with Crippen LogP contribution in [-0.4, -0.2) is 36.5 Å². The van der Waals surface area contributed by atoms with Gasteiger partial charge in [-0.25, -0.2) is 0 Å². The van der Waals surface area contributed by atoms with Crippen LogP contribution in [0.15, 0.2) is 54.6 Å². The van der Waals surface area contributed by atoms with Crippen molar-refractivity contribution in [1.82, 2.24) is 5.32 Å². The van der Waals surface area contributed by atoms with E-state index < -0.39 is 12.1 Å². The van der Waals surface area contributed by atoms with Crippen molar-refractivity contribution in [3.8, 4) is 11.1 Å². The van der Waals surface area contributed by atoms with Gasteiger partial charge in [-0.15, -0.1) is 0 Å². The fourth-order valence-electron chi connectivity index (χ4n) is 3.41. The van der Waals surface area contributed by atoms with E-state index >= 15 is 0 Å². The number of carbonyl (C=O) groups excluding carboxylic acids is 2. The molecule has 5 nitrogen and oxygen atoms in total. The molecule has 0 spiro atoms. The Kier molecular flexibility index (Phi) is 7.18. The van der Waals surface area contributed by atoms with Gasteiger partial charge in [-0.1, -0.05) is 68.4 Å². The predicted octanol–water partition coefficient (Wildman–Crippen LogP) is 3.76. The SMILES string of the molecule is CC(C)C[C@H](OCc1ccc(-c2ccccc2)cc1)C(=O)N[C@@H]1C(=O)CO[C@@H]1C. The predicted molar refractivity (Wildman–Crippen MR) is 112 cm³/mol. The number of Topliss-reactive ketones (excluding diaryl/α,β-unsaturated/α-hetero) is 1. The molecule has 3 rings (SSSR count). The minimum absolute atomic E-state index is 0.0512. The summed E-state index contributed by atoms with van der Waals surface area (Å²) >= 11 is 0. The molecule has 0 saturated carbocycles. The van der Waals surface area contributed by atoms with Gasteiger partial charge in [-0.3, -0.25) is 9.59 Å². The van der Waals surface area contributed by atoms with Gasteiger partial charge in [0.05, 0.1) is 12.7 Å². The number of amides is 1. The molecule has 154 valence electrons. The minimum atomic E-state index is -0.607. The van der Waals surface area contributed by atoms with Gasteiger partial charge in [0, 0.05) is 0 Å². The van der Waals surface area contributed by atoms with Crippen LogP contribution in [-0.2, 0) is 25.7 Å². The molecule has 1 fully saturated rings. The lowest BCUT2D eigenvalue weighted by Gasteiger charge is -2.22. The molecule has 0 aromatic heterocycles. The Morgan fingerprint density at radius 1 is 1.10 bits per heavy atom. The lowest BCUT2D eigenvalue weighted by Crippen LogP contribution is -2.48. The van der Waals surface area contributed by atoms with E-state index in [1.807, 2.05) is 44.2 Å². The molecule has 2 aromatic rings. The van der Waals surface area contributed by atoms with Gasteiger partial charge in [0.25, 0.3) is 0 Å². The van der Waals surface area contributed by atoms with Gasteiger partial charge in [-0.2, -0.15) is 0 Å². The number of hydrogen-bond acceptors (Lipinski definition) is 4. The maximum absolute atomic E-state index is 12.7. The van der Waals surface area contributed by atoms with E-state index in [0.29, 0.717) is 18.9 Å². The van der Waals surface area contributed by atoms with Crippen LogP contribution in [0.3, 0.4) is 0 Å². The molecule has 1 amide bonds. The molecule has 2 aromatic carbocycles. The van der Waals surface area contributed by atoms with E-state index in [2.05, 4.69) is 29.6 Å². The van der Waals surface area contributed by atoms with Gasteiger partial charge in [0.15, 0.2) is 5.78 Å². The first-order valence-corrected chi connectivity index (χ1v) is 10.1. The summed E-state index contributed by atoms with van der Waals surface area (Å²) in [6, 6.07) is 17.7. The second kappa shape index (κ2) is 9.81. The molecule has 5 heteroatoms. The summed E-state index contributed by atoms with van der Waals surface area (Å²) in [5.41, 5.74) is 3.30. The maximum Gasteiger partial charge on any atom is 0.249 e. The molecule has 1 aliphatic rings. The number of benzene rings is 2. The van der Waals surface area contributed by atoms with Gasteiger partial charge in [-0.05, 0) is 36.0 Å². The van der Waals surface area contributed by atoms with Crippen LogP contribution in [0.2, 0.25) is 0 Å². The van der Waals surface area contributed by atoms with Crippen LogP contribution in [0.5, 0.6) is 0 Å². The van der Waals surface area contributed by atoms with E-state index in [1.54, 1.807) is 6.92 Å². The molecule has 3 atom stereocenters. The highest BCUT2D eigenvalue weighted by molar-refractivity contribution is 5.92. The van der Waals surface area contributed by atoms with Crippen LogP contribution >= 0.6 is 0 Å². The molecule has 29 heavy (non-hydrogen) atoms. The molecular formula is C24H29NO4. The molecule has 0 unspecified atom stereocenters. The summed E-state index contributed by atoms with van der Waals surface area (Å²) in [5.74, 6) is -0.0555. The van der Waals surface area contributed by atoms with Crippen LogP contribution in [0.25, 0.3) is 11.1 Å². The highest BCUT2D eigenvalue weighted by Crippen LogP contribution is 2.20. The van der Waals surface area contributed by atoms with Gasteiger partial charge in [0.2, 0.25) is 5.91 Å². The summed E-state index contributed by atoms with van der Waals surface area (Å²) in [6.45, 7) is 6.28. The molecule has 0 aliphatic carbocycles. The lowest BCUT2D eigenvalue weighted by molar-refractivity contribution is -0.137. The number of carbonyl (C=O) groups is 2. The number of rotatable bonds is 8. The zero-order chi connectivity index (χ0) is 20.8. The van der Waals surface area contributed by atoms with Crippen molar-refractivity contribution < 1.29 is 19.1 Å². The Balaban J connectivity index is 1.61. The average molecular weight is 395 g/mol. The summed E-state index contributed by atoms with van der Waals surface area (Å²) in [6.07, 6.45) is -0.328. The Bertz CT molecular complexity index is 817. The fraction of sp³-hybridized carbons (Fsp3) is 0.417. The Morgan fingerprint density at radius 2 is 1.76 bits per heavy atom. The molecule has 1 aliphatic heterocycles. The van der Waals surface area contributed by atoms with Crippen molar-refractivity contribution in [2.75, 3.05) is 6.61 Å². The molecule has 1 N–H and O–H groups in total. The highest BCUT2D eigenvalue weighted by Gasteiger charge is 2.35. The van der Waals surface area contributed by atoms with Crippen LogP contribution in [0.1, 0.15) is 32.8 Å². The van der Waals surface area contributed by atoms with Gasteiger partial charge in [0.1, 0.15) is 18.8 Å². The van der Waals surface area contributed by atoms with Gasteiger partial charge >= 0.3 is 0 Å². The number of nitrogens with one attached hydrogen (secondary N) is 1. The van der Waals surface area contributed by atoms with E-state index in [4.69, 9.17) is 9.47 Å². The Labute approximate surface area is 172 Å². The third-order valence-corrected chi connectivity index (χ3v) is 5.09. The topological polar surface area (TPSA) is 64.6 Å². The molecule has 0 radical (unpaired) electrons. The van der Waals surface area contributed by atoms with Crippen molar-refractivity contribution >= 4 is 11.7 Å². The fourth-order valence-corrected chi connectivity index (χ4v) is 3.41. The van der Waals surface area contributed by atoms with Crippen LogP contribution < -0.4 is 5.32 Å². The summed E-state index contributed by atoms with van der Waals surface area (Å²) in [4.78, 5) is 24.7. The first kappa shape index (κ1) is 21.2. The normalized spacial score (nSPS) is 20.1. The van der Waals surface area contributed by atoms with Crippen LogP contribution in [0.4, 0.5) is 0 Å². The smallest absolute Gasteiger partial charge is 0.249 e. The van der Waals surface area contributed by atoms with Crippen LogP contribution in [0, 0.1) is 5.92 Å². The summed E-state index contributed by atoms with van der Waals surface area (Å²) < 4.78 is 11.3. The third kappa shape index (κ3) is 5.75. The van der Waals surface area contributed by atoms with E-state index in [1.165, 1.54) is 0 Å². The van der Waals surface area contributed by atoms with Crippen molar-refractivity contribution in [2.24, 2.45) is 5.92 Å². The van der Waals surface area contributed by atoms with E-state index in [-0.39, 0.29) is 24.4 Å². The molecular weight excluding hydrogens is 366 g/mol. The maximum atomic E-state index is 12.7. The monoisotopic (exact) mass is 395 g/mol. The zero-order valence-corrected chi connectivity index (χ0v) is 17.3. The molecule has 0 bridgehead atoms. The number of ether oxygens (including phenoxy) is 2. The Morgan fingerprint density at radius 3 is 2.34 bits per heavy atom. The molecule has 1 heterocycles. The van der Waals surface area contributed by atoms with Crippen molar-refractivity contribution in [3.63, 3.8) is 0 Å². The van der Waals surface area contributed by atoms with Crippen molar-refractivity contribution in [3.05, 3.63) is 60.2 Å². The Hall–Kier alpha value is -2.50. The number of hydrogen-bond donors (Lipinski definition) is 1.